The number of benzene rings is 2. The number of aryl methyl sites for hydroxylation is 2. The van der Waals surface area contributed by atoms with E-state index in [2.05, 4.69) is 16.0 Å². The van der Waals surface area contributed by atoms with Gasteiger partial charge < -0.3 is 0 Å². The molecule has 0 unspecified atom stereocenters. The van der Waals surface area contributed by atoms with Gasteiger partial charge in [0.1, 0.15) is 11.4 Å². The first kappa shape index (κ1) is 21.7. The summed E-state index contributed by atoms with van der Waals surface area (Å²) in [6.07, 6.45) is 0.880. The summed E-state index contributed by atoms with van der Waals surface area (Å²) in [4.78, 5) is 35.2. The molecular formula is C22H23N5O4. The molecule has 0 spiro atoms. The van der Waals surface area contributed by atoms with Gasteiger partial charge in [0.15, 0.2) is 0 Å². The minimum atomic E-state index is -0.452. The standard InChI is InChI=1S/C22H23N5O4/c1-4-16-5-9-18(10-6-16)21(28)23-24-22(29)19-11-7-17(8-12-19)13-26-15(3)20(27(30)31)14(2)25-26/h5-12H,4,13H2,1-3H3,(H,23,28)(H,24,29). The number of nitro groups is 1. The number of nitrogens with zero attached hydrogens (tertiary/aromatic N) is 3. The number of amides is 2. The van der Waals surface area contributed by atoms with Gasteiger partial charge in [0.2, 0.25) is 0 Å². The number of carbonyl (C=O) groups excluding carboxylic acids is 2. The average Bonchev–Trinajstić information content (AvgIpc) is 3.05. The quantitative estimate of drug-likeness (QED) is 0.468. The number of hydrazine groups is 1. The van der Waals surface area contributed by atoms with Gasteiger partial charge in [-0.3, -0.25) is 35.2 Å². The van der Waals surface area contributed by atoms with E-state index in [1.54, 1.807) is 54.9 Å². The molecule has 0 saturated carbocycles. The summed E-state index contributed by atoms with van der Waals surface area (Å²) in [6.45, 7) is 5.62. The van der Waals surface area contributed by atoms with Crippen molar-refractivity contribution in [2.45, 2.75) is 33.7 Å². The lowest BCUT2D eigenvalue weighted by atomic mass is 10.1. The molecule has 9 heteroatoms. The Bertz CT molecular complexity index is 1120. The molecule has 1 aromatic heterocycles. The van der Waals surface area contributed by atoms with E-state index in [1.807, 2.05) is 19.1 Å². The van der Waals surface area contributed by atoms with Crippen LogP contribution in [0.3, 0.4) is 0 Å². The topological polar surface area (TPSA) is 119 Å². The molecule has 3 aromatic rings. The molecule has 3 rings (SSSR count). The highest BCUT2D eigenvalue weighted by Crippen LogP contribution is 2.22. The van der Waals surface area contributed by atoms with E-state index in [9.17, 15) is 19.7 Å². The molecule has 160 valence electrons. The van der Waals surface area contributed by atoms with Crippen LogP contribution in [0.1, 0.15) is 50.2 Å². The van der Waals surface area contributed by atoms with E-state index in [1.165, 1.54) is 0 Å². The second kappa shape index (κ2) is 9.21. The van der Waals surface area contributed by atoms with Gasteiger partial charge in [-0.15, -0.1) is 0 Å². The Morgan fingerprint density at radius 2 is 1.42 bits per heavy atom. The van der Waals surface area contributed by atoms with E-state index in [-0.39, 0.29) is 5.69 Å². The fourth-order valence-corrected chi connectivity index (χ4v) is 3.19. The maximum atomic E-state index is 12.3. The predicted molar refractivity (Wildman–Crippen MR) is 115 cm³/mol. The molecule has 0 atom stereocenters. The summed E-state index contributed by atoms with van der Waals surface area (Å²) >= 11 is 0. The number of aromatic nitrogens is 2. The molecule has 2 amide bonds. The summed E-state index contributed by atoms with van der Waals surface area (Å²) in [5.41, 5.74) is 8.41. The molecule has 9 nitrogen and oxygen atoms in total. The summed E-state index contributed by atoms with van der Waals surface area (Å²) in [5.74, 6) is -0.856. The highest BCUT2D eigenvalue weighted by Gasteiger charge is 2.21. The molecule has 0 saturated heterocycles. The number of nitrogens with one attached hydrogen (secondary N) is 2. The fourth-order valence-electron chi connectivity index (χ4n) is 3.19. The summed E-state index contributed by atoms with van der Waals surface area (Å²) in [6, 6.07) is 13.9. The second-order valence-corrected chi connectivity index (χ2v) is 7.09. The van der Waals surface area contributed by atoms with Crippen molar-refractivity contribution in [2.75, 3.05) is 0 Å². The van der Waals surface area contributed by atoms with Crippen LogP contribution < -0.4 is 10.9 Å². The van der Waals surface area contributed by atoms with E-state index < -0.39 is 16.7 Å². The number of hydrogen-bond acceptors (Lipinski definition) is 5. The van der Waals surface area contributed by atoms with Crippen molar-refractivity contribution < 1.29 is 14.5 Å². The van der Waals surface area contributed by atoms with E-state index in [0.717, 1.165) is 17.5 Å². The van der Waals surface area contributed by atoms with Crippen LogP contribution in [0.5, 0.6) is 0 Å². The maximum absolute atomic E-state index is 12.3. The Kier molecular flexibility index (Phi) is 6.44. The third-order valence-corrected chi connectivity index (χ3v) is 4.99. The first-order valence-corrected chi connectivity index (χ1v) is 9.77. The average molecular weight is 421 g/mol. The van der Waals surface area contributed by atoms with Crippen molar-refractivity contribution in [3.8, 4) is 0 Å². The van der Waals surface area contributed by atoms with Crippen LogP contribution in [0.25, 0.3) is 0 Å². The zero-order chi connectivity index (χ0) is 22.5. The molecule has 1 heterocycles. The van der Waals surface area contributed by atoms with Gasteiger partial charge in [-0.1, -0.05) is 31.2 Å². The van der Waals surface area contributed by atoms with Crippen molar-refractivity contribution in [1.82, 2.24) is 20.6 Å². The Balaban J connectivity index is 1.60. The molecule has 2 aromatic carbocycles. The largest absolute Gasteiger partial charge is 0.312 e. The normalized spacial score (nSPS) is 10.5. The molecular weight excluding hydrogens is 398 g/mol. The van der Waals surface area contributed by atoms with Crippen LogP contribution in [-0.2, 0) is 13.0 Å². The van der Waals surface area contributed by atoms with Gasteiger partial charge in [0.05, 0.1) is 11.5 Å². The van der Waals surface area contributed by atoms with E-state index >= 15 is 0 Å². The summed E-state index contributed by atoms with van der Waals surface area (Å²) in [5, 5.41) is 15.4. The first-order valence-electron chi connectivity index (χ1n) is 9.77. The van der Waals surface area contributed by atoms with Crippen molar-refractivity contribution in [1.29, 1.82) is 0 Å². The predicted octanol–water partition coefficient (Wildman–Crippen LogP) is 3.09. The van der Waals surface area contributed by atoms with E-state index in [0.29, 0.717) is 29.1 Å². The van der Waals surface area contributed by atoms with Gasteiger partial charge in [-0.05, 0) is 55.7 Å². The molecule has 0 bridgehead atoms. The third-order valence-electron chi connectivity index (χ3n) is 4.99. The number of carbonyl (C=O) groups is 2. The van der Waals surface area contributed by atoms with Crippen LogP contribution in [0.2, 0.25) is 0 Å². The van der Waals surface area contributed by atoms with Crippen LogP contribution >= 0.6 is 0 Å². The molecule has 2 N–H and O–H groups in total. The Morgan fingerprint density at radius 3 is 1.84 bits per heavy atom. The van der Waals surface area contributed by atoms with E-state index in [4.69, 9.17) is 0 Å². The Labute approximate surface area is 179 Å². The molecule has 0 fully saturated rings. The molecule has 0 aliphatic rings. The SMILES string of the molecule is CCc1ccc(C(=O)NNC(=O)c2ccc(Cn3nc(C)c([N+](=O)[O-])c3C)cc2)cc1. The smallest absolute Gasteiger partial charge is 0.267 e. The maximum Gasteiger partial charge on any atom is 0.312 e. The Morgan fingerprint density at radius 1 is 0.935 bits per heavy atom. The second-order valence-electron chi connectivity index (χ2n) is 7.09. The van der Waals surface area contributed by atoms with Crippen LogP contribution in [-0.4, -0.2) is 26.5 Å². The molecule has 31 heavy (non-hydrogen) atoms. The molecule has 0 aliphatic carbocycles. The van der Waals surface area contributed by atoms with Gasteiger partial charge in [-0.25, -0.2) is 0 Å². The van der Waals surface area contributed by atoms with Crippen molar-refractivity contribution in [3.05, 3.63) is 92.3 Å². The fraction of sp³-hybridized carbons (Fsp3) is 0.227. The Hall–Kier alpha value is -4.01. The third kappa shape index (κ3) is 4.95. The molecule has 0 aliphatic heterocycles. The zero-order valence-corrected chi connectivity index (χ0v) is 17.5. The lowest BCUT2D eigenvalue weighted by Crippen LogP contribution is -2.41. The van der Waals surface area contributed by atoms with Gasteiger partial charge >= 0.3 is 5.69 Å². The van der Waals surface area contributed by atoms with Gasteiger partial charge in [-0.2, -0.15) is 5.10 Å². The number of rotatable bonds is 6. The minimum Gasteiger partial charge on any atom is -0.267 e. The summed E-state index contributed by atoms with van der Waals surface area (Å²) < 4.78 is 1.56. The minimum absolute atomic E-state index is 0.0103. The van der Waals surface area contributed by atoms with Gasteiger partial charge in [0.25, 0.3) is 11.8 Å². The monoisotopic (exact) mass is 421 g/mol. The number of hydrogen-bond donors (Lipinski definition) is 2. The lowest BCUT2D eigenvalue weighted by Gasteiger charge is -2.09. The molecule has 0 radical (unpaired) electrons. The van der Waals surface area contributed by atoms with Crippen molar-refractivity contribution in [2.24, 2.45) is 0 Å². The summed E-state index contributed by atoms with van der Waals surface area (Å²) in [7, 11) is 0. The van der Waals surface area contributed by atoms with Crippen LogP contribution in [0, 0.1) is 24.0 Å². The van der Waals surface area contributed by atoms with Crippen molar-refractivity contribution in [3.63, 3.8) is 0 Å². The van der Waals surface area contributed by atoms with Gasteiger partial charge in [0, 0.05) is 11.1 Å². The van der Waals surface area contributed by atoms with Crippen LogP contribution in [0.15, 0.2) is 48.5 Å². The highest BCUT2D eigenvalue weighted by atomic mass is 16.6. The lowest BCUT2D eigenvalue weighted by molar-refractivity contribution is -0.386. The van der Waals surface area contributed by atoms with Crippen LogP contribution in [0.4, 0.5) is 5.69 Å². The zero-order valence-electron chi connectivity index (χ0n) is 17.5. The highest BCUT2D eigenvalue weighted by molar-refractivity contribution is 5.99. The van der Waals surface area contributed by atoms with Crippen molar-refractivity contribution >= 4 is 17.5 Å². The first-order chi connectivity index (χ1) is 14.8.